The first kappa shape index (κ1) is 19.0. The number of anilines is 1. The Morgan fingerprint density at radius 2 is 1.79 bits per heavy atom. The van der Waals surface area contributed by atoms with Crippen molar-refractivity contribution < 1.29 is 4.79 Å². The second-order valence-corrected chi connectivity index (χ2v) is 7.39. The number of likely N-dealkylation sites (tertiary alicyclic amines) is 1. The van der Waals surface area contributed by atoms with E-state index in [1.165, 1.54) is 18.5 Å². The van der Waals surface area contributed by atoms with Crippen LogP contribution in [0.1, 0.15) is 58.9 Å². The van der Waals surface area contributed by atoms with E-state index in [-0.39, 0.29) is 5.91 Å². The Kier molecular flexibility index (Phi) is 7.29. The van der Waals surface area contributed by atoms with Crippen molar-refractivity contribution in [3.63, 3.8) is 0 Å². The summed E-state index contributed by atoms with van der Waals surface area (Å²) in [5.41, 5.74) is 2.39. The molecule has 1 fully saturated rings. The number of benzene rings is 1. The van der Waals surface area contributed by atoms with Crippen molar-refractivity contribution in [3.8, 4) is 0 Å². The Labute approximate surface area is 148 Å². The Morgan fingerprint density at radius 1 is 1.17 bits per heavy atom. The van der Waals surface area contributed by atoms with E-state index in [1.807, 2.05) is 6.92 Å². The zero-order chi connectivity index (χ0) is 17.5. The molecule has 2 rings (SSSR count). The first-order valence-corrected chi connectivity index (χ1v) is 9.68. The van der Waals surface area contributed by atoms with E-state index >= 15 is 0 Å². The SMILES string of the molecule is CCC(=O)N(c1ccc(CC)cc1)C1CCN(CCC(C)C)CC1. The summed E-state index contributed by atoms with van der Waals surface area (Å²) in [6.07, 6.45) is 5.04. The molecule has 1 aromatic carbocycles. The number of rotatable bonds is 7. The normalized spacial score (nSPS) is 16.5. The van der Waals surface area contributed by atoms with Gasteiger partial charge in [-0.15, -0.1) is 0 Å². The summed E-state index contributed by atoms with van der Waals surface area (Å²) in [4.78, 5) is 17.2. The highest BCUT2D eigenvalue weighted by molar-refractivity contribution is 5.93. The predicted molar refractivity (Wildman–Crippen MR) is 103 cm³/mol. The zero-order valence-electron chi connectivity index (χ0n) is 15.9. The lowest BCUT2D eigenvalue weighted by atomic mass is 10.00. The smallest absolute Gasteiger partial charge is 0.226 e. The number of nitrogens with zero attached hydrogens (tertiary/aromatic N) is 2. The minimum atomic E-state index is 0.250. The molecule has 0 aromatic heterocycles. The molecule has 1 heterocycles. The third kappa shape index (κ3) is 5.07. The van der Waals surface area contributed by atoms with Gasteiger partial charge in [-0.3, -0.25) is 4.79 Å². The van der Waals surface area contributed by atoms with Gasteiger partial charge in [0.15, 0.2) is 0 Å². The highest BCUT2D eigenvalue weighted by Crippen LogP contribution is 2.25. The lowest BCUT2D eigenvalue weighted by molar-refractivity contribution is -0.119. The van der Waals surface area contributed by atoms with Gasteiger partial charge in [0.1, 0.15) is 0 Å². The van der Waals surface area contributed by atoms with Crippen molar-refractivity contribution in [3.05, 3.63) is 29.8 Å². The molecule has 3 nitrogen and oxygen atoms in total. The molecule has 1 aromatic rings. The van der Waals surface area contributed by atoms with Crippen molar-refractivity contribution in [1.82, 2.24) is 4.90 Å². The van der Waals surface area contributed by atoms with Crippen LogP contribution in [0, 0.1) is 5.92 Å². The van der Waals surface area contributed by atoms with Crippen LogP contribution in [-0.4, -0.2) is 36.5 Å². The van der Waals surface area contributed by atoms with E-state index < -0.39 is 0 Å². The number of aryl methyl sites for hydroxylation is 1. The molecule has 0 aliphatic carbocycles. The Hall–Kier alpha value is -1.35. The molecule has 1 aliphatic heterocycles. The van der Waals surface area contributed by atoms with Gasteiger partial charge in [-0.1, -0.05) is 39.8 Å². The number of hydrogen-bond acceptors (Lipinski definition) is 2. The third-order valence-electron chi connectivity index (χ3n) is 5.14. The van der Waals surface area contributed by atoms with E-state index in [0.29, 0.717) is 12.5 Å². The number of hydrogen-bond donors (Lipinski definition) is 0. The number of piperidine rings is 1. The van der Waals surface area contributed by atoms with E-state index in [0.717, 1.165) is 44.0 Å². The summed E-state index contributed by atoms with van der Waals surface area (Å²) >= 11 is 0. The van der Waals surface area contributed by atoms with Crippen molar-refractivity contribution in [1.29, 1.82) is 0 Å². The fourth-order valence-electron chi connectivity index (χ4n) is 3.46. The molecule has 3 heteroatoms. The fourth-order valence-corrected chi connectivity index (χ4v) is 3.46. The van der Waals surface area contributed by atoms with Crippen LogP contribution >= 0.6 is 0 Å². The van der Waals surface area contributed by atoms with Crippen LogP contribution in [-0.2, 0) is 11.2 Å². The van der Waals surface area contributed by atoms with Crippen LogP contribution in [0.2, 0.25) is 0 Å². The minimum Gasteiger partial charge on any atom is -0.309 e. The molecule has 0 unspecified atom stereocenters. The average molecular weight is 331 g/mol. The second-order valence-electron chi connectivity index (χ2n) is 7.39. The Morgan fingerprint density at radius 3 is 2.29 bits per heavy atom. The fraction of sp³-hybridized carbons (Fsp3) is 0.667. The highest BCUT2D eigenvalue weighted by atomic mass is 16.2. The lowest BCUT2D eigenvalue weighted by Gasteiger charge is -2.39. The summed E-state index contributed by atoms with van der Waals surface area (Å²) in [7, 11) is 0. The molecule has 1 aliphatic rings. The van der Waals surface area contributed by atoms with Crippen molar-refractivity contribution in [2.75, 3.05) is 24.5 Å². The lowest BCUT2D eigenvalue weighted by Crippen LogP contribution is -2.47. The minimum absolute atomic E-state index is 0.250. The highest BCUT2D eigenvalue weighted by Gasteiger charge is 2.28. The maximum absolute atomic E-state index is 12.6. The Bertz CT molecular complexity index is 501. The number of amides is 1. The standard InChI is InChI=1S/C21H34N2O/c1-5-18-7-9-19(10-8-18)23(21(24)6-2)20-12-15-22(16-13-20)14-11-17(3)4/h7-10,17,20H,5-6,11-16H2,1-4H3. The predicted octanol–water partition coefficient (Wildman–Crippen LogP) is 4.50. The largest absolute Gasteiger partial charge is 0.309 e. The summed E-state index contributed by atoms with van der Waals surface area (Å²) in [5, 5.41) is 0. The molecule has 1 saturated heterocycles. The first-order chi connectivity index (χ1) is 11.5. The number of carbonyl (C=O) groups is 1. The van der Waals surface area contributed by atoms with E-state index in [2.05, 4.69) is 54.8 Å². The summed E-state index contributed by atoms with van der Waals surface area (Å²) < 4.78 is 0. The second kappa shape index (κ2) is 9.22. The molecule has 0 atom stereocenters. The molecular weight excluding hydrogens is 296 g/mol. The van der Waals surface area contributed by atoms with Gasteiger partial charge in [0.2, 0.25) is 5.91 Å². The maximum Gasteiger partial charge on any atom is 0.226 e. The van der Waals surface area contributed by atoms with Gasteiger partial charge in [-0.2, -0.15) is 0 Å². The molecule has 134 valence electrons. The molecule has 1 amide bonds. The van der Waals surface area contributed by atoms with Crippen LogP contribution in [0.15, 0.2) is 24.3 Å². The van der Waals surface area contributed by atoms with Gasteiger partial charge in [0.05, 0.1) is 0 Å². The van der Waals surface area contributed by atoms with Crippen LogP contribution in [0.3, 0.4) is 0 Å². The molecule has 0 saturated carbocycles. The van der Waals surface area contributed by atoms with Gasteiger partial charge in [-0.05, 0) is 55.8 Å². The van der Waals surface area contributed by atoms with Gasteiger partial charge in [-0.25, -0.2) is 0 Å². The Balaban J connectivity index is 2.02. The van der Waals surface area contributed by atoms with E-state index in [9.17, 15) is 4.79 Å². The van der Waals surface area contributed by atoms with Crippen LogP contribution in [0.25, 0.3) is 0 Å². The van der Waals surface area contributed by atoms with E-state index in [1.54, 1.807) is 0 Å². The molecule has 0 radical (unpaired) electrons. The summed E-state index contributed by atoms with van der Waals surface area (Å²) in [6.45, 7) is 12.1. The maximum atomic E-state index is 12.6. The molecule has 0 N–H and O–H groups in total. The van der Waals surface area contributed by atoms with Crippen LogP contribution in [0.5, 0.6) is 0 Å². The van der Waals surface area contributed by atoms with Gasteiger partial charge >= 0.3 is 0 Å². The molecular formula is C21H34N2O. The topological polar surface area (TPSA) is 23.6 Å². The van der Waals surface area contributed by atoms with Gasteiger partial charge < -0.3 is 9.80 Å². The molecule has 0 bridgehead atoms. The number of carbonyl (C=O) groups excluding carboxylic acids is 1. The molecule has 24 heavy (non-hydrogen) atoms. The van der Waals surface area contributed by atoms with E-state index in [4.69, 9.17) is 0 Å². The summed E-state index contributed by atoms with van der Waals surface area (Å²) in [5.74, 6) is 1.01. The van der Waals surface area contributed by atoms with Crippen molar-refractivity contribution in [2.24, 2.45) is 5.92 Å². The quantitative estimate of drug-likeness (QED) is 0.735. The van der Waals surface area contributed by atoms with Crippen molar-refractivity contribution >= 4 is 11.6 Å². The monoisotopic (exact) mass is 330 g/mol. The zero-order valence-corrected chi connectivity index (χ0v) is 15.9. The van der Waals surface area contributed by atoms with Gasteiger partial charge in [0, 0.05) is 31.2 Å². The van der Waals surface area contributed by atoms with Crippen LogP contribution in [0.4, 0.5) is 5.69 Å². The first-order valence-electron chi connectivity index (χ1n) is 9.68. The van der Waals surface area contributed by atoms with Crippen LogP contribution < -0.4 is 4.90 Å². The molecule has 0 spiro atoms. The summed E-state index contributed by atoms with van der Waals surface area (Å²) in [6, 6.07) is 8.90. The third-order valence-corrected chi connectivity index (χ3v) is 5.14. The van der Waals surface area contributed by atoms with Gasteiger partial charge in [0.25, 0.3) is 0 Å². The van der Waals surface area contributed by atoms with Crippen molar-refractivity contribution in [2.45, 2.75) is 65.8 Å². The average Bonchev–Trinajstić information content (AvgIpc) is 2.61.